The van der Waals surface area contributed by atoms with Crippen LogP contribution >= 0.6 is 0 Å². The highest BCUT2D eigenvalue weighted by Gasteiger charge is 2.45. The lowest BCUT2D eigenvalue weighted by Crippen LogP contribution is -2.38. The minimum atomic E-state index is -0.245. The Bertz CT molecular complexity index is 1180. The van der Waals surface area contributed by atoms with E-state index in [2.05, 4.69) is 75.3 Å². The number of ether oxygens (including phenoxy) is 1. The van der Waals surface area contributed by atoms with Crippen LogP contribution in [0.2, 0.25) is 0 Å². The third-order valence-electron chi connectivity index (χ3n) is 8.11. The van der Waals surface area contributed by atoms with Crippen molar-refractivity contribution in [3.63, 3.8) is 0 Å². The lowest BCUT2D eigenvalue weighted by Gasteiger charge is -2.31. The van der Waals surface area contributed by atoms with Gasteiger partial charge in [-0.3, -0.25) is 4.79 Å². The Hall–Kier alpha value is -3.08. The second-order valence-corrected chi connectivity index (χ2v) is 11.0. The Balaban J connectivity index is 1.47. The van der Waals surface area contributed by atoms with E-state index in [1.165, 1.54) is 28.8 Å². The molecule has 1 aromatic heterocycles. The third kappa shape index (κ3) is 4.80. The number of hydrogen-bond acceptors (Lipinski definition) is 4. The van der Waals surface area contributed by atoms with Gasteiger partial charge < -0.3 is 14.5 Å². The standard InChI is InChI=1S/C31H39N3O2/c1-20(2)21-12-15-24(16-13-21)34(19-23-9-7-11-28(33(3)4)27-18-26(23)27)31(35)25-10-6-8-22-14-17-29(36-5)32-30(22)25/h9,11-17,20,25-27H,6-8,10,18-19H2,1-5H3. The van der Waals surface area contributed by atoms with Gasteiger partial charge in [0.15, 0.2) is 0 Å². The molecule has 3 atom stereocenters. The van der Waals surface area contributed by atoms with E-state index in [0.717, 1.165) is 37.1 Å². The maximum absolute atomic E-state index is 14.3. The van der Waals surface area contributed by atoms with E-state index in [1.807, 2.05) is 11.0 Å². The zero-order valence-corrected chi connectivity index (χ0v) is 22.3. The van der Waals surface area contributed by atoms with E-state index in [9.17, 15) is 4.79 Å². The van der Waals surface area contributed by atoms with Crippen LogP contribution in [0.5, 0.6) is 5.88 Å². The van der Waals surface area contributed by atoms with Crippen molar-refractivity contribution in [3.8, 4) is 5.88 Å². The van der Waals surface area contributed by atoms with Crippen LogP contribution in [-0.2, 0) is 11.2 Å². The summed E-state index contributed by atoms with van der Waals surface area (Å²) < 4.78 is 5.42. The summed E-state index contributed by atoms with van der Waals surface area (Å²) in [6.07, 6.45) is 9.61. The van der Waals surface area contributed by atoms with Crippen LogP contribution < -0.4 is 9.64 Å². The highest BCUT2D eigenvalue weighted by molar-refractivity contribution is 5.98. The fourth-order valence-electron chi connectivity index (χ4n) is 5.95. The third-order valence-corrected chi connectivity index (χ3v) is 8.11. The second-order valence-electron chi connectivity index (χ2n) is 11.0. The normalized spacial score (nSPS) is 22.6. The summed E-state index contributed by atoms with van der Waals surface area (Å²) in [7, 11) is 5.91. The number of nitrogens with zero attached hydrogens (tertiary/aromatic N) is 3. The van der Waals surface area contributed by atoms with Gasteiger partial charge in [-0.05, 0) is 67.2 Å². The van der Waals surface area contributed by atoms with Crippen molar-refractivity contribution in [2.75, 3.05) is 32.6 Å². The number of aromatic nitrogens is 1. The van der Waals surface area contributed by atoms with Crippen LogP contribution in [0.4, 0.5) is 5.69 Å². The van der Waals surface area contributed by atoms with Crippen molar-refractivity contribution < 1.29 is 9.53 Å². The summed E-state index contributed by atoms with van der Waals surface area (Å²) in [5, 5.41) is 0. The number of carbonyl (C=O) groups excluding carboxylic acids is 1. The average molecular weight is 486 g/mol. The van der Waals surface area contributed by atoms with Gasteiger partial charge in [-0.2, -0.15) is 0 Å². The first-order valence-electron chi connectivity index (χ1n) is 13.4. The lowest BCUT2D eigenvalue weighted by atomic mass is 9.85. The van der Waals surface area contributed by atoms with Gasteiger partial charge in [-0.15, -0.1) is 0 Å². The van der Waals surface area contributed by atoms with E-state index in [0.29, 0.717) is 30.2 Å². The molecule has 1 aromatic carbocycles. The van der Waals surface area contributed by atoms with E-state index >= 15 is 0 Å². The predicted octanol–water partition coefficient (Wildman–Crippen LogP) is 6.08. The number of allylic oxidation sites excluding steroid dienone is 3. The molecule has 5 rings (SSSR count). The first-order valence-corrected chi connectivity index (χ1v) is 13.4. The van der Waals surface area contributed by atoms with E-state index in [4.69, 9.17) is 9.72 Å². The number of anilines is 1. The quantitative estimate of drug-likeness (QED) is 0.446. The maximum atomic E-state index is 14.3. The number of carbonyl (C=O) groups is 1. The summed E-state index contributed by atoms with van der Waals surface area (Å²) in [5.74, 6) is 2.05. The molecule has 190 valence electrons. The fraction of sp³-hybridized carbons (Fsp3) is 0.484. The van der Waals surface area contributed by atoms with Crippen molar-refractivity contribution in [1.82, 2.24) is 9.88 Å². The van der Waals surface area contributed by atoms with Crippen LogP contribution in [0.1, 0.15) is 68.2 Å². The van der Waals surface area contributed by atoms with Gasteiger partial charge in [0.2, 0.25) is 11.8 Å². The molecule has 3 unspecified atom stereocenters. The molecule has 5 heteroatoms. The highest BCUT2D eigenvalue weighted by atomic mass is 16.5. The Morgan fingerprint density at radius 1 is 1.08 bits per heavy atom. The predicted molar refractivity (Wildman–Crippen MR) is 145 cm³/mol. The van der Waals surface area contributed by atoms with E-state index in [1.54, 1.807) is 7.11 Å². The topological polar surface area (TPSA) is 45.7 Å². The molecular weight excluding hydrogens is 446 g/mol. The maximum Gasteiger partial charge on any atom is 0.236 e. The summed E-state index contributed by atoms with van der Waals surface area (Å²) in [6.45, 7) is 5.05. The minimum Gasteiger partial charge on any atom is -0.481 e. The molecule has 1 fully saturated rings. The molecule has 2 aromatic rings. The summed E-state index contributed by atoms with van der Waals surface area (Å²) in [5.41, 5.74) is 7.15. The number of aryl methyl sites for hydroxylation is 1. The zero-order valence-electron chi connectivity index (χ0n) is 22.3. The lowest BCUT2D eigenvalue weighted by molar-refractivity contribution is -0.120. The van der Waals surface area contributed by atoms with Gasteiger partial charge in [0.1, 0.15) is 0 Å². The Morgan fingerprint density at radius 3 is 2.56 bits per heavy atom. The molecule has 1 amide bonds. The number of methoxy groups -OCH3 is 1. The molecule has 0 N–H and O–H groups in total. The summed E-state index contributed by atoms with van der Waals surface area (Å²) >= 11 is 0. The number of pyridine rings is 1. The molecule has 3 aliphatic carbocycles. The second kappa shape index (κ2) is 10.1. The van der Waals surface area contributed by atoms with Crippen molar-refractivity contribution in [2.45, 2.75) is 57.8 Å². The molecule has 0 saturated heterocycles. The van der Waals surface area contributed by atoms with Gasteiger partial charge in [-0.25, -0.2) is 4.98 Å². The monoisotopic (exact) mass is 485 g/mol. The highest BCUT2D eigenvalue weighted by Crippen LogP contribution is 2.51. The Kier molecular flexibility index (Phi) is 6.92. The Morgan fingerprint density at radius 2 is 1.86 bits per heavy atom. The molecule has 5 nitrogen and oxygen atoms in total. The van der Waals surface area contributed by atoms with Crippen LogP contribution in [0.15, 0.2) is 59.8 Å². The van der Waals surface area contributed by atoms with Gasteiger partial charge >= 0.3 is 0 Å². The number of rotatable bonds is 7. The van der Waals surface area contributed by atoms with Crippen molar-refractivity contribution in [3.05, 3.63) is 76.6 Å². The van der Waals surface area contributed by atoms with Gasteiger partial charge in [-0.1, -0.05) is 49.8 Å². The van der Waals surface area contributed by atoms with Gasteiger partial charge in [0.05, 0.1) is 18.7 Å². The van der Waals surface area contributed by atoms with Crippen LogP contribution in [0.3, 0.4) is 0 Å². The summed E-state index contributed by atoms with van der Waals surface area (Å²) in [4.78, 5) is 23.4. The molecular formula is C31H39N3O2. The van der Waals surface area contributed by atoms with Gasteiger partial charge in [0.25, 0.3) is 0 Å². The summed E-state index contributed by atoms with van der Waals surface area (Å²) in [6, 6.07) is 12.6. The van der Waals surface area contributed by atoms with Crippen LogP contribution in [0, 0.1) is 11.8 Å². The largest absolute Gasteiger partial charge is 0.481 e. The molecule has 1 saturated carbocycles. The molecule has 0 bridgehead atoms. The number of fused-ring (bicyclic) bond motifs is 2. The van der Waals surface area contributed by atoms with E-state index in [-0.39, 0.29) is 11.8 Å². The fourth-order valence-corrected chi connectivity index (χ4v) is 5.95. The number of hydrogen-bond donors (Lipinski definition) is 0. The van der Waals surface area contributed by atoms with Crippen molar-refractivity contribution >= 4 is 11.6 Å². The molecule has 36 heavy (non-hydrogen) atoms. The molecule has 0 aliphatic heterocycles. The first kappa shape index (κ1) is 24.6. The molecule has 1 heterocycles. The minimum absolute atomic E-state index is 0.150. The molecule has 0 spiro atoms. The van der Waals surface area contributed by atoms with Crippen LogP contribution in [-0.4, -0.2) is 43.5 Å². The molecule has 3 aliphatic rings. The number of benzene rings is 1. The Labute approximate surface area is 215 Å². The van der Waals surface area contributed by atoms with Crippen molar-refractivity contribution in [2.24, 2.45) is 11.8 Å². The SMILES string of the molecule is COc1ccc2c(n1)C(C(=O)N(CC1=CCC=C(N(C)C)C3CC13)c1ccc(C(C)C)cc1)CCC2. The van der Waals surface area contributed by atoms with E-state index < -0.39 is 0 Å². The van der Waals surface area contributed by atoms with Gasteiger partial charge in [0, 0.05) is 44.0 Å². The molecule has 0 radical (unpaired) electrons. The number of amides is 1. The smallest absolute Gasteiger partial charge is 0.236 e. The van der Waals surface area contributed by atoms with Crippen LogP contribution in [0.25, 0.3) is 0 Å². The first-order chi connectivity index (χ1) is 17.4. The average Bonchev–Trinajstić information content (AvgIpc) is 3.68. The zero-order chi connectivity index (χ0) is 25.4. The van der Waals surface area contributed by atoms with Crippen molar-refractivity contribution in [1.29, 1.82) is 0 Å².